The van der Waals surface area contributed by atoms with Gasteiger partial charge in [-0.15, -0.1) is 6.58 Å². The van der Waals surface area contributed by atoms with Crippen molar-refractivity contribution in [3.63, 3.8) is 0 Å². The summed E-state index contributed by atoms with van der Waals surface area (Å²) in [6, 6.07) is 0.297. The molecule has 1 aliphatic rings. The van der Waals surface area contributed by atoms with Crippen molar-refractivity contribution in [1.29, 1.82) is 0 Å². The zero-order valence-electron chi connectivity index (χ0n) is 12.4. The van der Waals surface area contributed by atoms with Crippen molar-refractivity contribution in [1.82, 2.24) is 4.90 Å². The Morgan fingerprint density at radius 3 is 2.56 bits per heavy atom. The average molecular weight is 269 g/mol. The first-order valence-corrected chi connectivity index (χ1v) is 9.58. The summed E-state index contributed by atoms with van der Waals surface area (Å²) in [6.07, 6.45) is 2.73. The maximum atomic E-state index is 12.4. The van der Waals surface area contributed by atoms with Crippen molar-refractivity contribution in [2.24, 2.45) is 11.3 Å². The Balaban J connectivity index is 2.75. The molecule has 1 aliphatic heterocycles. The van der Waals surface area contributed by atoms with Gasteiger partial charge in [-0.25, -0.2) is 0 Å². The monoisotopic (exact) mass is 269 g/mol. The van der Waals surface area contributed by atoms with E-state index in [1.165, 1.54) is 0 Å². The number of nitrogens with zero attached hydrogens (tertiary/aromatic N) is 1. The lowest BCUT2D eigenvalue weighted by Crippen LogP contribution is -2.41. The fourth-order valence-corrected chi connectivity index (χ4v) is 3.13. The molecule has 0 aromatic rings. The van der Waals surface area contributed by atoms with Gasteiger partial charge in [0.1, 0.15) is 0 Å². The molecule has 1 fully saturated rings. The molecule has 0 aliphatic carbocycles. The molecular formula is C14H27NO2Si. The SMILES string of the molecule is C=CCN1C(=O)C(CO[SiH](C)C)C[C@H]1C(C)(C)C. The molecule has 1 amide bonds. The molecule has 1 saturated heterocycles. The highest BCUT2D eigenvalue weighted by Crippen LogP contribution is 2.36. The zero-order chi connectivity index (χ0) is 13.9. The van der Waals surface area contributed by atoms with Gasteiger partial charge in [0.25, 0.3) is 0 Å². The van der Waals surface area contributed by atoms with Gasteiger partial charge in [-0.2, -0.15) is 0 Å². The predicted octanol–water partition coefficient (Wildman–Crippen LogP) is 2.44. The number of rotatable bonds is 5. The first kappa shape index (κ1) is 15.4. The van der Waals surface area contributed by atoms with Crippen LogP contribution in [0.1, 0.15) is 27.2 Å². The van der Waals surface area contributed by atoms with Gasteiger partial charge in [0, 0.05) is 19.2 Å². The van der Waals surface area contributed by atoms with Gasteiger partial charge in [-0.05, 0) is 24.9 Å². The average Bonchev–Trinajstić information content (AvgIpc) is 2.54. The standard InChI is InChI=1S/C14H27NO2Si/c1-7-8-15-12(14(2,3)4)9-11(13(15)16)10-17-18(5)6/h7,11-12,18H,1,8-10H2,2-6H3/t11?,12-/m0/s1. The Kier molecular flexibility index (Phi) is 5.17. The fourth-order valence-electron chi connectivity index (χ4n) is 2.51. The zero-order valence-corrected chi connectivity index (χ0v) is 13.6. The molecule has 0 aromatic carbocycles. The van der Waals surface area contributed by atoms with E-state index in [0.717, 1.165) is 6.42 Å². The van der Waals surface area contributed by atoms with Crippen LogP contribution in [0.4, 0.5) is 0 Å². The van der Waals surface area contributed by atoms with E-state index in [4.69, 9.17) is 4.43 Å². The minimum absolute atomic E-state index is 0.0454. The Morgan fingerprint density at radius 2 is 2.11 bits per heavy atom. The topological polar surface area (TPSA) is 29.5 Å². The van der Waals surface area contributed by atoms with E-state index in [-0.39, 0.29) is 17.2 Å². The summed E-state index contributed by atoms with van der Waals surface area (Å²) in [7, 11) is -1.04. The fraction of sp³-hybridized carbons (Fsp3) is 0.786. The smallest absolute Gasteiger partial charge is 0.228 e. The van der Waals surface area contributed by atoms with Crippen molar-refractivity contribution in [2.75, 3.05) is 13.2 Å². The van der Waals surface area contributed by atoms with Crippen molar-refractivity contribution < 1.29 is 9.22 Å². The number of amides is 1. The molecule has 1 rings (SSSR count). The van der Waals surface area contributed by atoms with Crippen LogP contribution in [0, 0.1) is 11.3 Å². The highest BCUT2D eigenvalue weighted by Gasteiger charge is 2.44. The molecule has 104 valence electrons. The van der Waals surface area contributed by atoms with E-state index in [0.29, 0.717) is 19.2 Å². The summed E-state index contributed by atoms with van der Waals surface area (Å²) in [5, 5.41) is 0. The van der Waals surface area contributed by atoms with Crippen LogP contribution in [-0.4, -0.2) is 39.0 Å². The number of likely N-dealkylation sites (tertiary alicyclic amines) is 1. The van der Waals surface area contributed by atoms with Crippen molar-refractivity contribution in [3.05, 3.63) is 12.7 Å². The van der Waals surface area contributed by atoms with Crippen LogP contribution in [0.15, 0.2) is 12.7 Å². The van der Waals surface area contributed by atoms with E-state index in [9.17, 15) is 4.79 Å². The third kappa shape index (κ3) is 3.69. The van der Waals surface area contributed by atoms with E-state index in [1.54, 1.807) is 0 Å². The summed E-state index contributed by atoms with van der Waals surface area (Å²) < 4.78 is 5.75. The van der Waals surface area contributed by atoms with Gasteiger partial charge in [0.15, 0.2) is 9.04 Å². The molecule has 4 heteroatoms. The van der Waals surface area contributed by atoms with Gasteiger partial charge in [-0.1, -0.05) is 26.8 Å². The van der Waals surface area contributed by atoms with E-state index < -0.39 is 9.04 Å². The Bertz CT molecular complexity index is 309. The second-order valence-electron chi connectivity index (χ2n) is 6.48. The van der Waals surface area contributed by atoms with Crippen LogP contribution < -0.4 is 0 Å². The summed E-state index contributed by atoms with van der Waals surface area (Å²) >= 11 is 0. The van der Waals surface area contributed by atoms with Gasteiger partial charge in [0.05, 0.1) is 5.92 Å². The molecule has 0 spiro atoms. The summed E-state index contributed by atoms with van der Waals surface area (Å²) in [5.41, 5.74) is 0.114. The molecule has 0 bridgehead atoms. The summed E-state index contributed by atoms with van der Waals surface area (Å²) in [4.78, 5) is 14.4. The maximum Gasteiger partial charge on any atom is 0.228 e. The molecule has 0 saturated carbocycles. The predicted molar refractivity (Wildman–Crippen MR) is 78.1 cm³/mol. The number of hydrogen-bond acceptors (Lipinski definition) is 2. The molecule has 1 unspecified atom stereocenters. The second kappa shape index (κ2) is 6.02. The number of hydrogen-bond donors (Lipinski definition) is 0. The lowest BCUT2D eigenvalue weighted by Gasteiger charge is -2.34. The first-order chi connectivity index (χ1) is 8.27. The van der Waals surface area contributed by atoms with Crippen LogP contribution in [-0.2, 0) is 9.22 Å². The largest absolute Gasteiger partial charge is 0.420 e. The Morgan fingerprint density at radius 1 is 1.50 bits per heavy atom. The van der Waals surface area contributed by atoms with Crippen LogP contribution in [0.2, 0.25) is 13.1 Å². The molecule has 18 heavy (non-hydrogen) atoms. The van der Waals surface area contributed by atoms with E-state index >= 15 is 0 Å². The number of carbonyl (C=O) groups is 1. The molecule has 3 nitrogen and oxygen atoms in total. The second-order valence-corrected chi connectivity index (χ2v) is 8.91. The highest BCUT2D eigenvalue weighted by atomic mass is 28.3. The quantitative estimate of drug-likeness (QED) is 0.567. The van der Waals surface area contributed by atoms with Crippen molar-refractivity contribution >= 4 is 14.9 Å². The van der Waals surface area contributed by atoms with Gasteiger partial charge in [-0.3, -0.25) is 4.79 Å². The maximum absolute atomic E-state index is 12.4. The van der Waals surface area contributed by atoms with Crippen LogP contribution in [0.3, 0.4) is 0 Å². The highest BCUT2D eigenvalue weighted by molar-refractivity contribution is 6.48. The van der Waals surface area contributed by atoms with Crippen LogP contribution in [0.25, 0.3) is 0 Å². The van der Waals surface area contributed by atoms with Gasteiger partial charge < -0.3 is 9.33 Å². The molecule has 2 atom stereocenters. The third-order valence-electron chi connectivity index (χ3n) is 3.47. The molecule has 0 aromatic heterocycles. The van der Waals surface area contributed by atoms with Crippen molar-refractivity contribution in [2.45, 2.75) is 46.3 Å². The normalized spacial score (nSPS) is 25.0. The third-order valence-corrected chi connectivity index (χ3v) is 4.33. The summed E-state index contributed by atoms with van der Waals surface area (Å²) in [5.74, 6) is 0.286. The Hall–Kier alpha value is -0.613. The van der Waals surface area contributed by atoms with E-state index in [2.05, 4.69) is 40.4 Å². The molecular weight excluding hydrogens is 242 g/mol. The van der Waals surface area contributed by atoms with Crippen molar-refractivity contribution in [3.8, 4) is 0 Å². The molecule has 0 N–H and O–H groups in total. The van der Waals surface area contributed by atoms with Crippen LogP contribution in [0.5, 0.6) is 0 Å². The van der Waals surface area contributed by atoms with Crippen LogP contribution >= 0.6 is 0 Å². The van der Waals surface area contributed by atoms with Gasteiger partial charge >= 0.3 is 0 Å². The number of carbonyl (C=O) groups excluding carboxylic acids is 1. The Labute approximate surface area is 113 Å². The molecule has 0 radical (unpaired) electrons. The first-order valence-electron chi connectivity index (χ1n) is 6.80. The minimum Gasteiger partial charge on any atom is -0.420 e. The van der Waals surface area contributed by atoms with Gasteiger partial charge in [0.2, 0.25) is 5.91 Å². The summed E-state index contributed by atoms with van der Waals surface area (Å²) in [6.45, 7) is 15.9. The molecule has 1 heterocycles. The van der Waals surface area contributed by atoms with E-state index in [1.807, 2.05) is 11.0 Å². The lowest BCUT2D eigenvalue weighted by molar-refractivity contribution is -0.133. The lowest BCUT2D eigenvalue weighted by atomic mass is 9.84. The minimum atomic E-state index is -1.04.